The van der Waals surface area contributed by atoms with Crippen LogP contribution >= 0.6 is 0 Å². The first kappa shape index (κ1) is 10.6. The van der Waals surface area contributed by atoms with E-state index < -0.39 is 0 Å². The molecule has 0 aliphatic carbocycles. The van der Waals surface area contributed by atoms with Gasteiger partial charge in [-0.05, 0) is 33.0 Å². The van der Waals surface area contributed by atoms with Crippen molar-refractivity contribution in [2.24, 2.45) is 5.92 Å². The van der Waals surface area contributed by atoms with Gasteiger partial charge in [0.25, 0.3) is 0 Å². The van der Waals surface area contributed by atoms with E-state index in [1.165, 1.54) is 0 Å². The quantitative estimate of drug-likeness (QED) is 0.553. The molecule has 1 aliphatic rings. The predicted octanol–water partition coefficient (Wildman–Crippen LogP) is 0.136. The van der Waals surface area contributed by atoms with Crippen LogP contribution in [0, 0.1) is 5.92 Å². The number of piperidine rings is 1. The van der Waals surface area contributed by atoms with Gasteiger partial charge in [0.1, 0.15) is 6.29 Å². The molecule has 0 aromatic carbocycles. The highest BCUT2D eigenvalue weighted by molar-refractivity contribution is 5.53. The van der Waals surface area contributed by atoms with Crippen LogP contribution in [0.15, 0.2) is 0 Å². The van der Waals surface area contributed by atoms with Crippen LogP contribution in [0.1, 0.15) is 12.8 Å². The summed E-state index contributed by atoms with van der Waals surface area (Å²) in [5.74, 6) is 0.348. The molecule has 1 aliphatic heterocycles. The molecule has 0 amide bonds. The Balaban J connectivity index is 0.000000461. The van der Waals surface area contributed by atoms with Crippen LogP contribution < -0.4 is 0 Å². The molecule has 0 saturated carbocycles. The summed E-state index contributed by atoms with van der Waals surface area (Å²) in [6.07, 6.45) is 3.20. The molecule has 3 heteroatoms. The lowest BCUT2D eigenvalue weighted by Crippen LogP contribution is -2.30. The maximum atomic E-state index is 10.2. The molecule has 0 bridgehead atoms. The van der Waals surface area contributed by atoms with E-state index in [0.717, 1.165) is 39.3 Å². The number of aliphatic hydroxyl groups is 1. The molecule has 0 atom stereocenters. The summed E-state index contributed by atoms with van der Waals surface area (Å²) in [7, 11) is 3.10. The smallest absolute Gasteiger partial charge is 0.123 e. The summed E-state index contributed by atoms with van der Waals surface area (Å²) in [4.78, 5) is 12.5. The molecule has 0 aromatic heterocycles. The second-order valence-electron chi connectivity index (χ2n) is 2.78. The van der Waals surface area contributed by atoms with Gasteiger partial charge in [-0.25, -0.2) is 0 Å². The SMILES string of the molecule is CN1CCC(C=O)CC1.CO. The lowest BCUT2D eigenvalue weighted by atomic mass is 9.99. The van der Waals surface area contributed by atoms with Crippen molar-refractivity contribution < 1.29 is 9.90 Å². The van der Waals surface area contributed by atoms with Gasteiger partial charge in [-0.3, -0.25) is 0 Å². The van der Waals surface area contributed by atoms with E-state index in [2.05, 4.69) is 11.9 Å². The van der Waals surface area contributed by atoms with Gasteiger partial charge in [0.2, 0.25) is 0 Å². The van der Waals surface area contributed by atoms with Crippen LogP contribution in [0.4, 0.5) is 0 Å². The van der Waals surface area contributed by atoms with E-state index in [-0.39, 0.29) is 0 Å². The summed E-state index contributed by atoms with van der Waals surface area (Å²) in [5.41, 5.74) is 0. The maximum Gasteiger partial charge on any atom is 0.123 e. The molecule has 1 saturated heterocycles. The van der Waals surface area contributed by atoms with Gasteiger partial charge in [-0.2, -0.15) is 0 Å². The molecule has 3 nitrogen and oxygen atoms in total. The Hall–Kier alpha value is -0.410. The highest BCUT2D eigenvalue weighted by atomic mass is 16.2. The number of carbonyl (C=O) groups is 1. The molecular formula is C8H17NO2. The van der Waals surface area contributed by atoms with E-state index in [1.807, 2.05) is 0 Å². The van der Waals surface area contributed by atoms with Crippen LogP contribution in [-0.2, 0) is 4.79 Å². The van der Waals surface area contributed by atoms with Gasteiger partial charge in [-0.1, -0.05) is 0 Å². The van der Waals surface area contributed by atoms with Crippen molar-refractivity contribution in [3.8, 4) is 0 Å². The van der Waals surface area contributed by atoms with Gasteiger partial charge in [0, 0.05) is 13.0 Å². The molecule has 1 heterocycles. The topological polar surface area (TPSA) is 40.5 Å². The number of rotatable bonds is 1. The molecule has 0 spiro atoms. The first-order valence-corrected chi connectivity index (χ1v) is 3.91. The molecule has 66 valence electrons. The minimum Gasteiger partial charge on any atom is -0.400 e. The van der Waals surface area contributed by atoms with Crippen molar-refractivity contribution in [3.05, 3.63) is 0 Å². The van der Waals surface area contributed by atoms with Crippen molar-refractivity contribution in [2.45, 2.75) is 12.8 Å². The molecule has 1 rings (SSSR count). The third-order valence-electron chi connectivity index (χ3n) is 1.96. The largest absolute Gasteiger partial charge is 0.400 e. The molecule has 1 fully saturated rings. The van der Waals surface area contributed by atoms with Crippen molar-refractivity contribution in [1.29, 1.82) is 0 Å². The Bertz CT molecular complexity index is 98.3. The van der Waals surface area contributed by atoms with Crippen molar-refractivity contribution >= 4 is 6.29 Å². The fourth-order valence-electron chi connectivity index (χ4n) is 1.16. The fourth-order valence-corrected chi connectivity index (χ4v) is 1.16. The molecule has 11 heavy (non-hydrogen) atoms. The van der Waals surface area contributed by atoms with Crippen LogP contribution in [0.3, 0.4) is 0 Å². The first-order valence-electron chi connectivity index (χ1n) is 3.91. The molecule has 0 unspecified atom stereocenters. The van der Waals surface area contributed by atoms with Crippen LogP contribution in [0.2, 0.25) is 0 Å². The third-order valence-corrected chi connectivity index (χ3v) is 1.96. The van der Waals surface area contributed by atoms with Gasteiger partial charge < -0.3 is 14.8 Å². The zero-order chi connectivity index (χ0) is 8.69. The molecular weight excluding hydrogens is 142 g/mol. The summed E-state index contributed by atoms with van der Waals surface area (Å²) in [5, 5.41) is 7.00. The summed E-state index contributed by atoms with van der Waals surface area (Å²) in [6.45, 7) is 2.17. The predicted molar refractivity (Wildman–Crippen MR) is 44.4 cm³/mol. The van der Waals surface area contributed by atoms with Crippen molar-refractivity contribution in [3.63, 3.8) is 0 Å². The zero-order valence-electron chi connectivity index (χ0n) is 7.29. The second kappa shape index (κ2) is 6.31. The Kier molecular flexibility index (Phi) is 6.07. The number of carbonyl (C=O) groups excluding carboxylic acids is 1. The monoisotopic (exact) mass is 159 g/mol. The lowest BCUT2D eigenvalue weighted by molar-refractivity contribution is -0.112. The number of hydrogen-bond donors (Lipinski definition) is 1. The van der Waals surface area contributed by atoms with Gasteiger partial charge in [-0.15, -0.1) is 0 Å². The second-order valence-corrected chi connectivity index (χ2v) is 2.78. The van der Waals surface area contributed by atoms with Gasteiger partial charge in [0.15, 0.2) is 0 Å². The van der Waals surface area contributed by atoms with E-state index in [4.69, 9.17) is 5.11 Å². The van der Waals surface area contributed by atoms with E-state index in [9.17, 15) is 4.79 Å². The summed E-state index contributed by atoms with van der Waals surface area (Å²) in [6, 6.07) is 0. The van der Waals surface area contributed by atoms with Gasteiger partial charge in [0.05, 0.1) is 0 Å². The number of aldehydes is 1. The number of nitrogens with zero attached hydrogens (tertiary/aromatic N) is 1. The average Bonchev–Trinajstić information content (AvgIpc) is 2.10. The number of hydrogen-bond acceptors (Lipinski definition) is 3. The minimum atomic E-state index is 0.348. The lowest BCUT2D eigenvalue weighted by Gasteiger charge is -2.25. The number of aliphatic hydroxyl groups excluding tert-OH is 1. The van der Waals surface area contributed by atoms with E-state index >= 15 is 0 Å². The molecule has 0 aromatic rings. The Morgan fingerprint density at radius 1 is 1.36 bits per heavy atom. The maximum absolute atomic E-state index is 10.2. The summed E-state index contributed by atoms with van der Waals surface area (Å²) < 4.78 is 0. The first-order chi connectivity index (χ1) is 5.33. The average molecular weight is 159 g/mol. The molecule has 1 N–H and O–H groups in total. The van der Waals surface area contributed by atoms with Crippen LogP contribution in [-0.4, -0.2) is 43.5 Å². The zero-order valence-corrected chi connectivity index (χ0v) is 7.29. The van der Waals surface area contributed by atoms with Crippen LogP contribution in [0.5, 0.6) is 0 Å². The summed E-state index contributed by atoms with van der Waals surface area (Å²) >= 11 is 0. The van der Waals surface area contributed by atoms with Gasteiger partial charge >= 0.3 is 0 Å². The Morgan fingerprint density at radius 3 is 2.18 bits per heavy atom. The highest BCUT2D eigenvalue weighted by Gasteiger charge is 2.14. The van der Waals surface area contributed by atoms with Crippen molar-refractivity contribution in [2.75, 3.05) is 27.2 Å². The van der Waals surface area contributed by atoms with E-state index in [0.29, 0.717) is 5.92 Å². The van der Waals surface area contributed by atoms with E-state index in [1.54, 1.807) is 0 Å². The Labute approximate surface area is 68.0 Å². The number of likely N-dealkylation sites (tertiary alicyclic amines) is 1. The standard InChI is InChI=1S/C7H13NO.CH4O/c1-8-4-2-7(6-9)3-5-8;1-2/h6-7H,2-5H2,1H3;2H,1H3. The minimum absolute atomic E-state index is 0.348. The molecule has 0 radical (unpaired) electrons. The van der Waals surface area contributed by atoms with Crippen molar-refractivity contribution in [1.82, 2.24) is 4.90 Å². The highest BCUT2D eigenvalue weighted by Crippen LogP contribution is 2.12. The Morgan fingerprint density at radius 2 is 1.82 bits per heavy atom. The van der Waals surface area contributed by atoms with Crippen LogP contribution in [0.25, 0.3) is 0 Å². The fraction of sp³-hybridized carbons (Fsp3) is 0.875. The third kappa shape index (κ3) is 4.11. The normalized spacial score (nSPS) is 20.3.